The summed E-state index contributed by atoms with van der Waals surface area (Å²) in [5.41, 5.74) is 8.30. The maximum Gasteiger partial charge on any atom is 0.0571 e. The van der Waals surface area contributed by atoms with Gasteiger partial charge in [-0.15, -0.1) is 0 Å². The molecule has 1 heterocycles. The number of pyridine rings is 1. The van der Waals surface area contributed by atoms with E-state index in [4.69, 9.17) is 5.73 Å². The minimum Gasteiger partial charge on any atom is -0.323 e. The highest BCUT2D eigenvalue weighted by Crippen LogP contribution is 2.22. The Labute approximate surface area is 86.5 Å². The van der Waals surface area contributed by atoms with Crippen molar-refractivity contribution in [2.24, 2.45) is 5.73 Å². The van der Waals surface area contributed by atoms with Crippen LogP contribution in [0.1, 0.15) is 51.4 Å². The van der Waals surface area contributed by atoms with Crippen LogP contribution in [0.15, 0.2) is 18.3 Å². The number of nitrogens with two attached hydrogens (primary N) is 1. The summed E-state index contributed by atoms with van der Waals surface area (Å²) in [5.74, 6) is 0. The van der Waals surface area contributed by atoms with Crippen molar-refractivity contribution in [1.29, 1.82) is 0 Å². The molecule has 0 amide bonds. The molecule has 0 aliphatic heterocycles. The number of aromatic nitrogens is 1. The third-order valence-electron chi connectivity index (χ3n) is 2.47. The lowest BCUT2D eigenvalue weighted by molar-refractivity contribution is 0.583. The molecule has 78 valence electrons. The third-order valence-corrected chi connectivity index (χ3v) is 2.47. The largest absolute Gasteiger partial charge is 0.323 e. The van der Waals surface area contributed by atoms with Gasteiger partial charge in [-0.05, 0) is 23.5 Å². The number of rotatable bonds is 2. The van der Waals surface area contributed by atoms with E-state index in [0.29, 0.717) is 0 Å². The molecule has 0 saturated heterocycles. The molecule has 0 saturated carbocycles. The van der Waals surface area contributed by atoms with Gasteiger partial charge in [0.05, 0.1) is 5.69 Å². The van der Waals surface area contributed by atoms with Gasteiger partial charge in [0.25, 0.3) is 0 Å². The quantitative estimate of drug-likeness (QED) is 0.782. The Balaban J connectivity index is 2.89. The summed E-state index contributed by atoms with van der Waals surface area (Å²) in [6, 6.07) is 4.23. The molecule has 0 aliphatic carbocycles. The zero-order chi connectivity index (χ0) is 10.8. The molecule has 2 heteroatoms. The fraction of sp³-hybridized carbons (Fsp3) is 0.583. The average Bonchev–Trinajstić information content (AvgIpc) is 2.15. The van der Waals surface area contributed by atoms with Gasteiger partial charge in [-0.3, -0.25) is 4.98 Å². The van der Waals surface area contributed by atoms with E-state index in [0.717, 1.165) is 12.1 Å². The number of hydrogen-bond acceptors (Lipinski definition) is 2. The SMILES string of the molecule is CCC(N)c1ccc(C(C)(C)C)cn1. The molecule has 0 spiro atoms. The van der Waals surface area contributed by atoms with E-state index in [1.54, 1.807) is 0 Å². The lowest BCUT2D eigenvalue weighted by atomic mass is 9.88. The standard InChI is InChI=1S/C12H20N2/c1-5-10(13)11-7-6-9(8-14-11)12(2,3)4/h6-8,10H,5,13H2,1-4H3. The van der Waals surface area contributed by atoms with Gasteiger partial charge < -0.3 is 5.73 Å². The Bertz CT molecular complexity index is 282. The zero-order valence-corrected chi connectivity index (χ0v) is 9.54. The minimum absolute atomic E-state index is 0.0732. The van der Waals surface area contributed by atoms with Crippen molar-refractivity contribution in [3.63, 3.8) is 0 Å². The van der Waals surface area contributed by atoms with Gasteiger partial charge in [-0.2, -0.15) is 0 Å². The molecule has 1 aromatic heterocycles. The fourth-order valence-corrected chi connectivity index (χ4v) is 1.28. The van der Waals surface area contributed by atoms with Crippen molar-refractivity contribution in [3.8, 4) is 0 Å². The van der Waals surface area contributed by atoms with Gasteiger partial charge in [-0.1, -0.05) is 33.8 Å². The van der Waals surface area contributed by atoms with Crippen LogP contribution in [0.5, 0.6) is 0 Å². The van der Waals surface area contributed by atoms with Crippen molar-refractivity contribution in [3.05, 3.63) is 29.6 Å². The van der Waals surface area contributed by atoms with E-state index < -0.39 is 0 Å². The minimum atomic E-state index is 0.0732. The summed E-state index contributed by atoms with van der Waals surface area (Å²) in [4.78, 5) is 4.39. The van der Waals surface area contributed by atoms with Crippen LogP contribution >= 0.6 is 0 Å². The topological polar surface area (TPSA) is 38.9 Å². The number of hydrogen-bond donors (Lipinski definition) is 1. The van der Waals surface area contributed by atoms with Gasteiger partial charge in [0, 0.05) is 12.2 Å². The van der Waals surface area contributed by atoms with Gasteiger partial charge >= 0.3 is 0 Å². The molecule has 2 nitrogen and oxygen atoms in total. The Hall–Kier alpha value is -0.890. The first kappa shape index (κ1) is 11.2. The van der Waals surface area contributed by atoms with Crippen molar-refractivity contribution < 1.29 is 0 Å². The Morgan fingerprint density at radius 1 is 1.36 bits per heavy atom. The molecule has 2 N–H and O–H groups in total. The maximum atomic E-state index is 5.89. The normalized spacial score (nSPS) is 14.1. The van der Waals surface area contributed by atoms with Crippen LogP contribution in [-0.2, 0) is 5.41 Å². The van der Waals surface area contributed by atoms with Crippen LogP contribution in [0.3, 0.4) is 0 Å². The van der Waals surface area contributed by atoms with E-state index in [9.17, 15) is 0 Å². The molecule has 14 heavy (non-hydrogen) atoms. The molecular weight excluding hydrogens is 172 g/mol. The van der Waals surface area contributed by atoms with E-state index >= 15 is 0 Å². The Morgan fingerprint density at radius 3 is 2.36 bits per heavy atom. The Kier molecular flexibility index (Phi) is 3.27. The zero-order valence-electron chi connectivity index (χ0n) is 9.54. The third kappa shape index (κ3) is 2.55. The molecule has 1 aromatic rings. The molecular formula is C12H20N2. The van der Waals surface area contributed by atoms with Gasteiger partial charge in [0.15, 0.2) is 0 Å². The lowest BCUT2D eigenvalue weighted by Gasteiger charge is -2.19. The summed E-state index contributed by atoms with van der Waals surface area (Å²) in [5, 5.41) is 0. The summed E-state index contributed by atoms with van der Waals surface area (Å²) in [6.45, 7) is 8.63. The number of nitrogens with zero attached hydrogens (tertiary/aromatic N) is 1. The lowest BCUT2D eigenvalue weighted by Crippen LogP contribution is -2.14. The Morgan fingerprint density at radius 2 is 2.00 bits per heavy atom. The van der Waals surface area contributed by atoms with Crippen molar-refractivity contribution in [2.75, 3.05) is 0 Å². The monoisotopic (exact) mass is 192 g/mol. The van der Waals surface area contributed by atoms with E-state index in [1.807, 2.05) is 12.3 Å². The molecule has 1 atom stereocenters. The van der Waals surface area contributed by atoms with Crippen LogP contribution in [0.4, 0.5) is 0 Å². The molecule has 0 aromatic carbocycles. The van der Waals surface area contributed by atoms with Gasteiger partial charge in [0.1, 0.15) is 0 Å². The van der Waals surface area contributed by atoms with Crippen LogP contribution in [-0.4, -0.2) is 4.98 Å². The van der Waals surface area contributed by atoms with Crippen molar-refractivity contribution >= 4 is 0 Å². The highest BCUT2D eigenvalue weighted by Gasteiger charge is 2.14. The van der Waals surface area contributed by atoms with Crippen molar-refractivity contribution in [1.82, 2.24) is 4.98 Å². The summed E-state index contributed by atoms with van der Waals surface area (Å²) in [7, 11) is 0. The highest BCUT2D eigenvalue weighted by molar-refractivity contribution is 5.22. The summed E-state index contributed by atoms with van der Waals surface area (Å²) < 4.78 is 0. The highest BCUT2D eigenvalue weighted by atomic mass is 14.8. The van der Waals surface area contributed by atoms with E-state index in [-0.39, 0.29) is 11.5 Å². The smallest absolute Gasteiger partial charge is 0.0571 e. The molecule has 1 unspecified atom stereocenters. The van der Waals surface area contributed by atoms with Crippen LogP contribution < -0.4 is 5.73 Å². The first-order valence-corrected chi connectivity index (χ1v) is 5.17. The second-order valence-corrected chi connectivity index (χ2v) is 4.74. The van der Waals surface area contributed by atoms with Crippen LogP contribution in [0.2, 0.25) is 0 Å². The predicted molar refractivity (Wildman–Crippen MR) is 60.2 cm³/mol. The molecule has 0 radical (unpaired) electrons. The molecule has 1 rings (SSSR count). The van der Waals surface area contributed by atoms with E-state index in [2.05, 4.69) is 38.7 Å². The molecule has 0 bridgehead atoms. The van der Waals surface area contributed by atoms with Crippen molar-refractivity contribution in [2.45, 2.75) is 45.6 Å². The summed E-state index contributed by atoms with van der Waals surface area (Å²) >= 11 is 0. The second-order valence-electron chi connectivity index (χ2n) is 4.74. The first-order valence-electron chi connectivity index (χ1n) is 5.17. The first-order chi connectivity index (χ1) is 6.45. The van der Waals surface area contributed by atoms with Gasteiger partial charge in [-0.25, -0.2) is 0 Å². The van der Waals surface area contributed by atoms with E-state index in [1.165, 1.54) is 5.56 Å². The fourth-order valence-electron chi connectivity index (χ4n) is 1.28. The van der Waals surface area contributed by atoms with Crippen LogP contribution in [0.25, 0.3) is 0 Å². The maximum absolute atomic E-state index is 5.89. The van der Waals surface area contributed by atoms with Crippen LogP contribution in [0, 0.1) is 0 Å². The summed E-state index contributed by atoms with van der Waals surface area (Å²) in [6.07, 6.45) is 2.87. The average molecular weight is 192 g/mol. The predicted octanol–water partition coefficient (Wildman–Crippen LogP) is 2.79. The van der Waals surface area contributed by atoms with Gasteiger partial charge in [0.2, 0.25) is 0 Å². The second kappa shape index (κ2) is 4.09. The molecule has 0 aliphatic rings. The molecule has 0 fully saturated rings.